The Balaban J connectivity index is 1.80. The molecule has 1 amide bonds. The minimum absolute atomic E-state index is 0.252. The van der Waals surface area contributed by atoms with Crippen LogP contribution in [0.25, 0.3) is 0 Å². The van der Waals surface area contributed by atoms with Crippen molar-refractivity contribution in [1.82, 2.24) is 4.90 Å². The third kappa shape index (κ3) is 5.37. The van der Waals surface area contributed by atoms with Crippen LogP contribution in [0.4, 0.5) is 9.18 Å². The molecule has 1 fully saturated rings. The molecule has 6 heteroatoms. The first-order chi connectivity index (χ1) is 10.8. The molecule has 0 atom stereocenters. The Morgan fingerprint density at radius 2 is 2.00 bits per heavy atom. The average Bonchev–Trinajstić information content (AvgIpc) is 2.45. The molecule has 1 heterocycles. The monoisotopic (exact) mass is 387 g/mol. The summed E-state index contributed by atoms with van der Waals surface area (Å²) >= 11 is 3.29. The number of hydrogen-bond donors (Lipinski definition) is 0. The van der Waals surface area contributed by atoms with E-state index < -0.39 is 5.60 Å². The summed E-state index contributed by atoms with van der Waals surface area (Å²) in [5.41, 5.74) is -0.478. The van der Waals surface area contributed by atoms with Crippen LogP contribution in [-0.4, -0.2) is 36.3 Å². The molecular weight excluding hydrogens is 365 g/mol. The van der Waals surface area contributed by atoms with Crippen molar-refractivity contribution in [2.75, 3.05) is 19.7 Å². The van der Waals surface area contributed by atoms with Gasteiger partial charge in [-0.25, -0.2) is 9.18 Å². The van der Waals surface area contributed by atoms with Crippen LogP contribution in [0.15, 0.2) is 22.7 Å². The predicted octanol–water partition coefficient (Wildman–Crippen LogP) is 4.61. The fourth-order valence-corrected chi connectivity index (χ4v) is 2.89. The Labute approximate surface area is 145 Å². The highest BCUT2D eigenvalue weighted by atomic mass is 79.9. The summed E-state index contributed by atoms with van der Waals surface area (Å²) in [6.07, 6.45) is 1.38. The predicted molar refractivity (Wildman–Crippen MR) is 90.1 cm³/mol. The maximum Gasteiger partial charge on any atom is 0.410 e. The molecule has 0 aliphatic carbocycles. The van der Waals surface area contributed by atoms with E-state index in [2.05, 4.69) is 15.9 Å². The molecule has 1 aromatic carbocycles. The lowest BCUT2D eigenvalue weighted by Crippen LogP contribution is -2.42. The molecule has 0 bridgehead atoms. The zero-order chi connectivity index (χ0) is 17.0. The van der Waals surface area contributed by atoms with Gasteiger partial charge in [0, 0.05) is 13.1 Å². The Kier molecular flexibility index (Phi) is 5.89. The quantitative estimate of drug-likeness (QED) is 0.759. The van der Waals surface area contributed by atoms with Gasteiger partial charge >= 0.3 is 6.09 Å². The molecule has 0 radical (unpaired) electrons. The molecule has 0 saturated carbocycles. The number of halogens is 2. The molecule has 0 unspecified atom stereocenters. The van der Waals surface area contributed by atoms with Gasteiger partial charge in [-0.2, -0.15) is 0 Å². The van der Waals surface area contributed by atoms with Crippen molar-refractivity contribution in [3.8, 4) is 5.75 Å². The Bertz CT molecular complexity index is 531. The summed E-state index contributed by atoms with van der Waals surface area (Å²) in [6.45, 7) is 7.30. The zero-order valence-electron chi connectivity index (χ0n) is 13.8. The SMILES string of the molecule is CC(C)(C)OC(=O)N1CCC(COc2c(F)cccc2Br)CC1. The Morgan fingerprint density at radius 3 is 2.57 bits per heavy atom. The lowest BCUT2D eigenvalue weighted by Gasteiger charge is -2.33. The van der Waals surface area contributed by atoms with Crippen molar-refractivity contribution in [3.63, 3.8) is 0 Å². The van der Waals surface area contributed by atoms with Crippen LogP contribution in [0.5, 0.6) is 5.75 Å². The minimum atomic E-state index is -0.478. The van der Waals surface area contributed by atoms with Crippen molar-refractivity contribution < 1.29 is 18.7 Å². The smallest absolute Gasteiger partial charge is 0.410 e. The van der Waals surface area contributed by atoms with E-state index >= 15 is 0 Å². The number of likely N-dealkylation sites (tertiary alicyclic amines) is 1. The maximum absolute atomic E-state index is 13.7. The molecule has 2 rings (SSSR count). The first-order valence-electron chi connectivity index (χ1n) is 7.81. The van der Waals surface area contributed by atoms with E-state index in [-0.39, 0.29) is 17.7 Å². The Morgan fingerprint density at radius 1 is 1.35 bits per heavy atom. The van der Waals surface area contributed by atoms with Crippen LogP contribution in [0.1, 0.15) is 33.6 Å². The lowest BCUT2D eigenvalue weighted by atomic mass is 9.98. The molecule has 1 aromatic rings. The van der Waals surface area contributed by atoms with Crippen molar-refractivity contribution >= 4 is 22.0 Å². The van der Waals surface area contributed by atoms with Crippen molar-refractivity contribution in [3.05, 3.63) is 28.5 Å². The molecular formula is C17H23BrFNO3. The highest BCUT2D eigenvalue weighted by Gasteiger charge is 2.27. The largest absolute Gasteiger partial charge is 0.489 e. The summed E-state index contributed by atoms with van der Waals surface area (Å²) in [4.78, 5) is 13.7. The van der Waals surface area contributed by atoms with Crippen LogP contribution < -0.4 is 4.74 Å². The van der Waals surface area contributed by atoms with Crippen LogP contribution >= 0.6 is 15.9 Å². The Hall–Kier alpha value is -1.30. The molecule has 4 nitrogen and oxygen atoms in total. The summed E-state index contributed by atoms with van der Waals surface area (Å²) in [7, 11) is 0. The van der Waals surface area contributed by atoms with Gasteiger partial charge in [0.2, 0.25) is 0 Å². The van der Waals surface area contributed by atoms with Crippen molar-refractivity contribution in [2.24, 2.45) is 5.92 Å². The molecule has 23 heavy (non-hydrogen) atoms. The van der Waals surface area contributed by atoms with Gasteiger partial charge in [0.25, 0.3) is 0 Å². The second kappa shape index (κ2) is 7.51. The van der Waals surface area contributed by atoms with E-state index in [0.717, 1.165) is 12.8 Å². The maximum atomic E-state index is 13.7. The number of carbonyl (C=O) groups excluding carboxylic acids is 1. The van der Waals surface area contributed by atoms with E-state index in [0.29, 0.717) is 30.1 Å². The van der Waals surface area contributed by atoms with Crippen LogP contribution in [0.3, 0.4) is 0 Å². The second-order valence-electron chi connectivity index (χ2n) is 6.77. The van der Waals surface area contributed by atoms with E-state index in [1.807, 2.05) is 20.8 Å². The third-order valence-electron chi connectivity index (χ3n) is 3.65. The van der Waals surface area contributed by atoms with Crippen LogP contribution in [0, 0.1) is 11.7 Å². The normalized spacial score (nSPS) is 16.3. The van der Waals surface area contributed by atoms with Crippen LogP contribution in [-0.2, 0) is 4.74 Å². The van der Waals surface area contributed by atoms with E-state index in [9.17, 15) is 9.18 Å². The minimum Gasteiger partial charge on any atom is -0.489 e. The average molecular weight is 388 g/mol. The van der Waals surface area contributed by atoms with Gasteiger partial charge in [-0.3, -0.25) is 0 Å². The number of ether oxygens (including phenoxy) is 2. The van der Waals surface area contributed by atoms with Crippen molar-refractivity contribution in [1.29, 1.82) is 0 Å². The topological polar surface area (TPSA) is 38.8 Å². The summed E-state index contributed by atoms with van der Waals surface area (Å²) in [6, 6.07) is 4.76. The molecule has 1 saturated heterocycles. The number of amides is 1. The van der Waals surface area contributed by atoms with Crippen LogP contribution in [0.2, 0.25) is 0 Å². The van der Waals surface area contributed by atoms with Gasteiger partial charge < -0.3 is 14.4 Å². The van der Waals surface area contributed by atoms with E-state index in [1.165, 1.54) is 6.07 Å². The summed E-state index contributed by atoms with van der Waals surface area (Å²) in [5, 5.41) is 0. The molecule has 0 spiro atoms. The van der Waals surface area contributed by atoms with Gasteiger partial charge in [0.1, 0.15) is 5.60 Å². The fraction of sp³-hybridized carbons (Fsp3) is 0.588. The number of piperidine rings is 1. The van der Waals surface area contributed by atoms with Gasteiger partial charge in [-0.05, 0) is 67.6 Å². The number of nitrogens with zero attached hydrogens (tertiary/aromatic N) is 1. The fourth-order valence-electron chi connectivity index (χ4n) is 2.43. The number of benzene rings is 1. The molecule has 0 N–H and O–H groups in total. The van der Waals surface area contributed by atoms with Gasteiger partial charge in [0.05, 0.1) is 11.1 Å². The van der Waals surface area contributed by atoms with Crippen molar-refractivity contribution in [2.45, 2.75) is 39.2 Å². The molecule has 1 aliphatic heterocycles. The first-order valence-corrected chi connectivity index (χ1v) is 8.60. The standard InChI is InChI=1S/C17H23BrFNO3/c1-17(2,3)23-16(21)20-9-7-12(8-10-20)11-22-15-13(18)5-4-6-14(15)19/h4-6,12H,7-11H2,1-3H3. The third-order valence-corrected chi connectivity index (χ3v) is 4.27. The highest BCUT2D eigenvalue weighted by molar-refractivity contribution is 9.10. The second-order valence-corrected chi connectivity index (χ2v) is 7.63. The number of rotatable bonds is 3. The molecule has 1 aliphatic rings. The first kappa shape index (κ1) is 18.0. The van der Waals surface area contributed by atoms with E-state index in [4.69, 9.17) is 9.47 Å². The summed E-state index contributed by atoms with van der Waals surface area (Å²) < 4.78 is 25.3. The van der Waals surface area contributed by atoms with Gasteiger partial charge in [-0.15, -0.1) is 0 Å². The van der Waals surface area contributed by atoms with Gasteiger partial charge in [0.15, 0.2) is 11.6 Å². The zero-order valence-corrected chi connectivity index (χ0v) is 15.4. The number of carbonyl (C=O) groups is 1. The molecule has 0 aromatic heterocycles. The summed E-state index contributed by atoms with van der Waals surface area (Å²) in [5.74, 6) is 0.188. The number of para-hydroxylation sites is 1. The molecule has 128 valence electrons. The number of hydrogen-bond acceptors (Lipinski definition) is 3. The lowest BCUT2D eigenvalue weighted by molar-refractivity contribution is 0.0164. The van der Waals surface area contributed by atoms with E-state index in [1.54, 1.807) is 17.0 Å². The van der Waals surface area contributed by atoms with Gasteiger partial charge in [-0.1, -0.05) is 6.07 Å². The highest BCUT2D eigenvalue weighted by Crippen LogP contribution is 2.29.